The van der Waals surface area contributed by atoms with Crippen LogP contribution in [0.3, 0.4) is 0 Å². The third kappa shape index (κ3) is 1.71. The van der Waals surface area contributed by atoms with Gasteiger partial charge in [0.1, 0.15) is 0 Å². The second-order valence-corrected chi connectivity index (χ2v) is 1.76. The normalized spacial score (nSPS) is 9.44. The lowest BCUT2D eigenvalue weighted by atomic mass is 10.5. The zero-order chi connectivity index (χ0) is 6.53. The standard InChI is InChI=1S/C5H10N4/c1-2-3-7-9-5-4-6-8-9/h4-5,7H,2-3H2,1H3. The van der Waals surface area contributed by atoms with Gasteiger partial charge in [-0.15, -0.1) is 5.10 Å². The van der Waals surface area contributed by atoms with E-state index in [-0.39, 0.29) is 0 Å². The van der Waals surface area contributed by atoms with Crippen LogP contribution in [-0.4, -0.2) is 21.6 Å². The number of hydrogen-bond donors (Lipinski definition) is 1. The van der Waals surface area contributed by atoms with Crippen molar-refractivity contribution in [2.45, 2.75) is 13.3 Å². The maximum Gasteiger partial charge on any atom is 0.0715 e. The van der Waals surface area contributed by atoms with Gasteiger partial charge in [-0.05, 0) is 11.6 Å². The van der Waals surface area contributed by atoms with Crippen LogP contribution in [0, 0.1) is 0 Å². The summed E-state index contributed by atoms with van der Waals surface area (Å²) in [7, 11) is 0. The van der Waals surface area contributed by atoms with Crippen molar-refractivity contribution in [3.05, 3.63) is 12.4 Å². The highest BCUT2D eigenvalue weighted by Gasteiger charge is 1.83. The highest BCUT2D eigenvalue weighted by atomic mass is 15.6. The molecule has 0 aliphatic heterocycles. The van der Waals surface area contributed by atoms with Crippen LogP contribution in [0.25, 0.3) is 0 Å². The zero-order valence-electron chi connectivity index (χ0n) is 5.41. The molecule has 0 bridgehead atoms. The molecule has 9 heavy (non-hydrogen) atoms. The van der Waals surface area contributed by atoms with Gasteiger partial charge in [0.15, 0.2) is 0 Å². The summed E-state index contributed by atoms with van der Waals surface area (Å²) in [6.45, 7) is 3.04. The van der Waals surface area contributed by atoms with E-state index in [1.165, 1.54) is 0 Å². The minimum absolute atomic E-state index is 0.934. The van der Waals surface area contributed by atoms with E-state index in [0.29, 0.717) is 0 Å². The molecule has 1 aromatic rings. The lowest BCUT2D eigenvalue weighted by molar-refractivity contribution is 0.683. The molecular weight excluding hydrogens is 116 g/mol. The van der Waals surface area contributed by atoms with Gasteiger partial charge in [-0.2, -0.15) is 4.79 Å². The Morgan fingerprint density at radius 3 is 3.11 bits per heavy atom. The Bertz CT molecular complexity index is 146. The van der Waals surface area contributed by atoms with Gasteiger partial charge in [0.05, 0.1) is 12.4 Å². The van der Waals surface area contributed by atoms with E-state index in [2.05, 4.69) is 22.7 Å². The van der Waals surface area contributed by atoms with Crippen LogP contribution in [0.5, 0.6) is 0 Å². The molecule has 1 aromatic heterocycles. The minimum atomic E-state index is 0.934. The number of rotatable bonds is 3. The number of nitrogens with one attached hydrogen (secondary N) is 1. The lowest BCUT2D eigenvalue weighted by Crippen LogP contribution is -2.15. The van der Waals surface area contributed by atoms with Gasteiger partial charge in [-0.25, -0.2) is 0 Å². The van der Waals surface area contributed by atoms with E-state index in [4.69, 9.17) is 0 Å². The molecule has 1 rings (SSSR count). The second kappa shape index (κ2) is 3.06. The average Bonchev–Trinajstić information content (AvgIpc) is 2.34. The molecule has 0 aliphatic carbocycles. The molecule has 0 aromatic carbocycles. The van der Waals surface area contributed by atoms with Crippen LogP contribution < -0.4 is 5.43 Å². The third-order valence-corrected chi connectivity index (χ3v) is 0.946. The van der Waals surface area contributed by atoms with Crippen LogP contribution >= 0.6 is 0 Å². The van der Waals surface area contributed by atoms with Crippen molar-refractivity contribution in [2.75, 3.05) is 12.0 Å². The molecule has 0 saturated carbocycles. The Kier molecular flexibility index (Phi) is 2.06. The number of hydrogen-bond acceptors (Lipinski definition) is 3. The molecule has 0 atom stereocenters. The molecule has 1 heterocycles. The van der Waals surface area contributed by atoms with Gasteiger partial charge in [0.25, 0.3) is 0 Å². The Hall–Kier alpha value is -1.06. The first-order chi connectivity index (χ1) is 4.43. The zero-order valence-corrected chi connectivity index (χ0v) is 5.41. The molecule has 1 N–H and O–H groups in total. The van der Waals surface area contributed by atoms with Gasteiger partial charge in [-0.1, -0.05) is 6.92 Å². The Balaban J connectivity index is 2.30. The topological polar surface area (TPSA) is 42.7 Å². The molecular formula is C5H10N4. The second-order valence-electron chi connectivity index (χ2n) is 1.76. The summed E-state index contributed by atoms with van der Waals surface area (Å²) in [6, 6.07) is 0. The maximum atomic E-state index is 3.71. The maximum absolute atomic E-state index is 3.71. The summed E-state index contributed by atoms with van der Waals surface area (Å²) in [5, 5.41) is 7.33. The van der Waals surface area contributed by atoms with E-state index in [1.54, 1.807) is 17.2 Å². The largest absolute Gasteiger partial charge is 0.309 e. The molecule has 0 amide bonds. The molecule has 0 aliphatic rings. The monoisotopic (exact) mass is 126 g/mol. The summed E-state index contributed by atoms with van der Waals surface area (Å²) < 4.78 is 0. The van der Waals surface area contributed by atoms with E-state index < -0.39 is 0 Å². The molecule has 0 unspecified atom stereocenters. The molecule has 4 heteroatoms. The highest BCUT2D eigenvalue weighted by Crippen LogP contribution is 1.75. The minimum Gasteiger partial charge on any atom is -0.309 e. The van der Waals surface area contributed by atoms with Crippen molar-refractivity contribution < 1.29 is 0 Å². The fourth-order valence-corrected chi connectivity index (χ4v) is 0.519. The molecule has 0 saturated heterocycles. The first-order valence-electron chi connectivity index (χ1n) is 3.03. The van der Waals surface area contributed by atoms with E-state index >= 15 is 0 Å². The molecule has 0 fully saturated rings. The summed E-state index contributed by atoms with van der Waals surface area (Å²) in [4.78, 5) is 1.60. The quantitative estimate of drug-likeness (QED) is 0.630. The highest BCUT2D eigenvalue weighted by molar-refractivity contribution is 4.70. The van der Waals surface area contributed by atoms with Crippen molar-refractivity contribution >= 4 is 0 Å². The first-order valence-corrected chi connectivity index (χ1v) is 3.03. The van der Waals surface area contributed by atoms with Crippen LogP contribution in [-0.2, 0) is 0 Å². The number of nitrogens with zero attached hydrogens (tertiary/aromatic N) is 3. The van der Waals surface area contributed by atoms with Crippen molar-refractivity contribution in [2.24, 2.45) is 0 Å². The van der Waals surface area contributed by atoms with Gasteiger partial charge >= 0.3 is 0 Å². The van der Waals surface area contributed by atoms with Crippen molar-refractivity contribution in [1.29, 1.82) is 0 Å². The van der Waals surface area contributed by atoms with Gasteiger partial charge in [0, 0.05) is 6.54 Å². The first kappa shape index (κ1) is 6.07. The van der Waals surface area contributed by atoms with Crippen LogP contribution in [0.4, 0.5) is 0 Å². The molecule has 0 spiro atoms. The molecule has 0 radical (unpaired) electrons. The van der Waals surface area contributed by atoms with Crippen molar-refractivity contribution in [3.63, 3.8) is 0 Å². The smallest absolute Gasteiger partial charge is 0.0715 e. The molecule has 50 valence electrons. The van der Waals surface area contributed by atoms with Crippen LogP contribution in [0.1, 0.15) is 13.3 Å². The molecule has 4 nitrogen and oxygen atoms in total. The van der Waals surface area contributed by atoms with Crippen LogP contribution in [0.2, 0.25) is 0 Å². The lowest BCUT2D eigenvalue weighted by Gasteiger charge is -1.99. The van der Waals surface area contributed by atoms with E-state index in [1.807, 2.05) is 0 Å². The summed E-state index contributed by atoms with van der Waals surface area (Å²) in [5.74, 6) is 0. The fraction of sp³-hybridized carbons (Fsp3) is 0.600. The third-order valence-electron chi connectivity index (χ3n) is 0.946. The summed E-state index contributed by atoms with van der Waals surface area (Å²) in [5.41, 5.74) is 3.02. The Morgan fingerprint density at radius 2 is 2.56 bits per heavy atom. The van der Waals surface area contributed by atoms with Crippen LogP contribution in [0.15, 0.2) is 12.4 Å². The van der Waals surface area contributed by atoms with E-state index in [0.717, 1.165) is 13.0 Å². The predicted octanol–water partition coefficient (Wildman–Crippen LogP) is 0.232. The average molecular weight is 126 g/mol. The number of aromatic nitrogens is 3. The SMILES string of the molecule is CCCNn1ccnn1. The summed E-state index contributed by atoms with van der Waals surface area (Å²) >= 11 is 0. The van der Waals surface area contributed by atoms with Crippen molar-refractivity contribution in [3.8, 4) is 0 Å². The fourth-order valence-electron chi connectivity index (χ4n) is 0.519. The van der Waals surface area contributed by atoms with Gasteiger partial charge < -0.3 is 5.43 Å². The Labute approximate surface area is 53.8 Å². The van der Waals surface area contributed by atoms with Gasteiger partial charge in [0.2, 0.25) is 0 Å². The predicted molar refractivity (Wildman–Crippen MR) is 34.5 cm³/mol. The Morgan fingerprint density at radius 1 is 1.67 bits per heavy atom. The van der Waals surface area contributed by atoms with Crippen molar-refractivity contribution in [1.82, 2.24) is 15.1 Å². The van der Waals surface area contributed by atoms with Gasteiger partial charge in [-0.3, -0.25) is 0 Å². The van der Waals surface area contributed by atoms with E-state index in [9.17, 15) is 0 Å². The summed E-state index contributed by atoms with van der Waals surface area (Å²) in [6.07, 6.45) is 4.51.